The number of benzene rings is 1. The highest BCUT2D eigenvalue weighted by Crippen LogP contribution is 2.23. The number of thiophene rings is 1. The lowest BCUT2D eigenvalue weighted by atomic mass is 10.2. The normalized spacial score (nSPS) is 12.0. The molecule has 1 heterocycles. The zero-order chi connectivity index (χ0) is 16.7. The smallest absolute Gasteiger partial charge is 0.171 e. The molecule has 2 aromatic rings. The molecule has 0 aliphatic carbocycles. The van der Waals surface area contributed by atoms with Crippen molar-refractivity contribution in [3.05, 3.63) is 46.7 Å². The predicted octanol–water partition coefficient (Wildman–Crippen LogP) is 2.32. The number of hydrogen-bond acceptors (Lipinski definition) is 3. The summed E-state index contributed by atoms with van der Waals surface area (Å²) in [7, 11) is 4.32. The van der Waals surface area contributed by atoms with Crippen LogP contribution in [0.1, 0.15) is 17.8 Å². The fourth-order valence-electron chi connectivity index (χ4n) is 2.29. The first-order valence-electron chi connectivity index (χ1n) is 7.72. The van der Waals surface area contributed by atoms with E-state index in [1.165, 1.54) is 9.78 Å². The van der Waals surface area contributed by atoms with Crippen molar-refractivity contribution in [2.45, 2.75) is 13.0 Å². The maximum atomic E-state index is 5.61. The summed E-state index contributed by atoms with van der Waals surface area (Å²) in [6, 6.07) is 12.5. The summed E-state index contributed by atoms with van der Waals surface area (Å²) in [5.74, 6) is 0.812. The molecule has 0 unspecified atom stereocenters. The van der Waals surface area contributed by atoms with Gasteiger partial charge in [0.15, 0.2) is 5.11 Å². The van der Waals surface area contributed by atoms with Gasteiger partial charge in [-0.1, -0.05) is 18.2 Å². The number of para-hydroxylation sites is 2. The molecule has 0 amide bonds. The van der Waals surface area contributed by atoms with Crippen molar-refractivity contribution < 1.29 is 9.64 Å². The number of likely N-dealkylation sites (N-methyl/N-ethyl adjacent to an activating group) is 1. The molecule has 2 rings (SSSR count). The van der Waals surface area contributed by atoms with Crippen LogP contribution in [0.3, 0.4) is 0 Å². The van der Waals surface area contributed by atoms with Gasteiger partial charge in [-0.2, -0.15) is 0 Å². The fraction of sp³-hybridized carbons (Fsp3) is 0.353. The van der Waals surface area contributed by atoms with Crippen LogP contribution in [0, 0.1) is 0 Å². The lowest BCUT2D eigenvalue weighted by molar-refractivity contribution is -0.890. The summed E-state index contributed by atoms with van der Waals surface area (Å²) in [6.45, 7) is 3.38. The Balaban J connectivity index is 1.94. The van der Waals surface area contributed by atoms with Crippen molar-refractivity contribution in [1.82, 2.24) is 5.32 Å². The van der Waals surface area contributed by atoms with Gasteiger partial charge in [0.05, 0.1) is 37.8 Å². The van der Waals surface area contributed by atoms with E-state index in [2.05, 4.69) is 42.2 Å². The molecule has 0 radical (unpaired) electrons. The standard InChI is InChI=1S/C17H23N3OS2/c1-4-21-15-9-6-5-8-13(15)19-17(22)18-12-14(20(2)3)16-10-7-11-23-16/h5-11,14H,4,12H2,1-3H3,(H2,18,19,22)/p+1/t14-/m0/s1. The molecule has 0 fully saturated rings. The average Bonchev–Trinajstić information content (AvgIpc) is 3.03. The van der Waals surface area contributed by atoms with Gasteiger partial charge >= 0.3 is 0 Å². The first-order chi connectivity index (χ1) is 11.1. The number of quaternary nitrogens is 1. The van der Waals surface area contributed by atoms with Crippen molar-refractivity contribution >= 4 is 34.4 Å². The topological polar surface area (TPSA) is 37.7 Å². The Morgan fingerprint density at radius 3 is 2.70 bits per heavy atom. The van der Waals surface area contributed by atoms with Crippen LogP contribution < -0.4 is 20.3 Å². The summed E-state index contributed by atoms with van der Waals surface area (Å²) in [4.78, 5) is 2.73. The average molecular weight is 351 g/mol. The van der Waals surface area contributed by atoms with Gasteiger partial charge in [-0.15, -0.1) is 11.3 Å². The highest BCUT2D eigenvalue weighted by Gasteiger charge is 2.19. The summed E-state index contributed by atoms with van der Waals surface area (Å²) in [5, 5.41) is 9.27. The Morgan fingerprint density at radius 2 is 2.04 bits per heavy atom. The molecule has 0 saturated heterocycles. The summed E-state index contributed by atoms with van der Waals surface area (Å²) in [5.41, 5.74) is 0.886. The Kier molecular flexibility index (Phi) is 6.83. The molecular formula is C17H24N3OS2+. The lowest BCUT2D eigenvalue weighted by Crippen LogP contribution is -3.06. The highest BCUT2D eigenvalue weighted by molar-refractivity contribution is 7.80. The van der Waals surface area contributed by atoms with E-state index in [0.29, 0.717) is 17.8 Å². The number of rotatable bonds is 7. The van der Waals surface area contributed by atoms with Gasteiger partial charge < -0.3 is 20.3 Å². The van der Waals surface area contributed by atoms with Crippen LogP contribution in [0.15, 0.2) is 41.8 Å². The molecule has 0 bridgehead atoms. The molecule has 1 aromatic carbocycles. The predicted molar refractivity (Wildman–Crippen MR) is 102 cm³/mol. The Hall–Kier alpha value is -1.63. The van der Waals surface area contributed by atoms with E-state index in [0.717, 1.165) is 18.0 Å². The fourth-order valence-corrected chi connectivity index (χ4v) is 3.44. The van der Waals surface area contributed by atoms with Crippen LogP contribution in [-0.2, 0) is 0 Å². The molecule has 0 saturated carbocycles. The Labute approximate surface area is 147 Å². The molecular weight excluding hydrogens is 326 g/mol. The molecule has 0 spiro atoms. The molecule has 4 nitrogen and oxygen atoms in total. The molecule has 23 heavy (non-hydrogen) atoms. The molecule has 1 atom stereocenters. The third-order valence-corrected chi connectivity index (χ3v) is 4.72. The van der Waals surface area contributed by atoms with Crippen molar-refractivity contribution in [3.8, 4) is 5.75 Å². The first kappa shape index (κ1) is 17.7. The Bertz CT molecular complexity index is 614. The van der Waals surface area contributed by atoms with Gasteiger partial charge in [0.1, 0.15) is 11.8 Å². The van der Waals surface area contributed by atoms with E-state index in [-0.39, 0.29) is 0 Å². The van der Waals surface area contributed by atoms with Gasteiger partial charge in [-0.3, -0.25) is 0 Å². The minimum Gasteiger partial charge on any atom is -0.492 e. The number of nitrogens with one attached hydrogen (secondary N) is 3. The second-order valence-electron chi connectivity index (χ2n) is 5.41. The van der Waals surface area contributed by atoms with E-state index in [4.69, 9.17) is 17.0 Å². The van der Waals surface area contributed by atoms with Crippen molar-refractivity contribution in [3.63, 3.8) is 0 Å². The molecule has 0 aliphatic rings. The third kappa shape index (κ3) is 5.20. The monoisotopic (exact) mass is 350 g/mol. The molecule has 1 aromatic heterocycles. The van der Waals surface area contributed by atoms with Crippen LogP contribution in [0.25, 0.3) is 0 Å². The molecule has 124 valence electrons. The largest absolute Gasteiger partial charge is 0.492 e. The number of anilines is 1. The van der Waals surface area contributed by atoms with Gasteiger partial charge in [-0.05, 0) is 42.7 Å². The van der Waals surface area contributed by atoms with Crippen LogP contribution in [0.2, 0.25) is 0 Å². The van der Waals surface area contributed by atoms with Crippen LogP contribution >= 0.6 is 23.6 Å². The highest BCUT2D eigenvalue weighted by atomic mass is 32.1. The number of ether oxygens (including phenoxy) is 1. The minimum atomic E-state index is 0.372. The third-order valence-electron chi connectivity index (χ3n) is 3.49. The van der Waals surface area contributed by atoms with Crippen LogP contribution in [-0.4, -0.2) is 32.4 Å². The van der Waals surface area contributed by atoms with Gasteiger partial charge in [0, 0.05) is 0 Å². The summed E-state index contributed by atoms with van der Waals surface area (Å²) >= 11 is 7.21. The maximum Gasteiger partial charge on any atom is 0.171 e. The zero-order valence-corrected chi connectivity index (χ0v) is 15.4. The maximum absolute atomic E-state index is 5.61. The van der Waals surface area contributed by atoms with Crippen molar-refractivity contribution in [2.75, 3.05) is 32.6 Å². The van der Waals surface area contributed by atoms with Gasteiger partial charge in [0.2, 0.25) is 0 Å². The van der Waals surface area contributed by atoms with E-state index in [1.54, 1.807) is 11.3 Å². The minimum absolute atomic E-state index is 0.372. The number of hydrogen-bond donors (Lipinski definition) is 3. The SMILES string of the molecule is CCOc1ccccc1NC(=S)NC[C@@H](c1cccs1)[NH+](C)C. The first-order valence-corrected chi connectivity index (χ1v) is 9.00. The number of thiocarbonyl (C=S) groups is 1. The van der Waals surface area contributed by atoms with E-state index < -0.39 is 0 Å². The van der Waals surface area contributed by atoms with Crippen LogP contribution in [0.5, 0.6) is 5.75 Å². The second kappa shape index (κ2) is 8.86. The Morgan fingerprint density at radius 1 is 1.26 bits per heavy atom. The van der Waals surface area contributed by atoms with Crippen molar-refractivity contribution in [2.24, 2.45) is 0 Å². The van der Waals surface area contributed by atoms with Gasteiger partial charge in [-0.25, -0.2) is 0 Å². The van der Waals surface area contributed by atoms with E-state index in [1.807, 2.05) is 31.2 Å². The van der Waals surface area contributed by atoms with Crippen LogP contribution in [0.4, 0.5) is 5.69 Å². The van der Waals surface area contributed by atoms with E-state index >= 15 is 0 Å². The summed E-state index contributed by atoms with van der Waals surface area (Å²) < 4.78 is 5.61. The molecule has 3 N–H and O–H groups in total. The molecule has 0 aliphatic heterocycles. The molecule has 6 heteroatoms. The summed E-state index contributed by atoms with van der Waals surface area (Å²) in [6.07, 6.45) is 0. The van der Waals surface area contributed by atoms with E-state index in [9.17, 15) is 0 Å². The van der Waals surface area contributed by atoms with Gasteiger partial charge in [0.25, 0.3) is 0 Å². The van der Waals surface area contributed by atoms with Crippen molar-refractivity contribution in [1.29, 1.82) is 0 Å². The second-order valence-corrected chi connectivity index (χ2v) is 6.80. The quantitative estimate of drug-likeness (QED) is 0.670. The zero-order valence-electron chi connectivity index (χ0n) is 13.8. The lowest BCUT2D eigenvalue weighted by Gasteiger charge is -2.22.